The van der Waals surface area contributed by atoms with Gasteiger partial charge < -0.3 is 20.5 Å². The van der Waals surface area contributed by atoms with Gasteiger partial charge in [-0.2, -0.15) is 5.10 Å². The van der Waals surface area contributed by atoms with Crippen LogP contribution in [0.1, 0.15) is 17.3 Å². The van der Waals surface area contributed by atoms with Gasteiger partial charge in [0.05, 0.1) is 23.5 Å². The van der Waals surface area contributed by atoms with Gasteiger partial charge in [-0.1, -0.05) is 17.7 Å². The van der Waals surface area contributed by atoms with Crippen LogP contribution in [0.15, 0.2) is 48.7 Å². The lowest BCUT2D eigenvalue weighted by atomic mass is 10.1. The quantitative estimate of drug-likeness (QED) is 0.586. The molecule has 29 heavy (non-hydrogen) atoms. The molecule has 0 fully saturated rings. The molecular weight excluding hydrogens is 392 g/mol. The number of ether oxygens (including phenoxy) is 2. The average Bonchev–Trinajstić information content (AvgIpc) is 3.05. The third kappa shape index (κ3) is 4.88. The Bertz CT molecular complexity index is 984. The molecule has 0 unspecified atom stereocenters. The second kappa shape index (κ2) is 9.45. The highest BCUT2D eigenvalue weighted by Crippen LogP contribution is 2.36. The lowest BCUT2D eigenvalue weighted by Crippen LogP contribution is -2.13. The number of anilines is 1. The van der Waals surface area contributed by atoms with Crippen molar-refractivity contribution in [2.45, 2.75) is 6.92 Å². The van der Waals surface area contributed by atoms with Crippen molar-refractivity contribution in [2.24, 2.45) is 12.8 Å². The van der Waals surface area contributed by atoms with E-state index in [0.717, 1.165) is 0 Å². The molecular formula is C21H23ClN4O3. The first-order valence-corrected chi connectivity index (χ1v) is 9.60. The van der Waals surface area contributed by atoms with E-state index < -0.39 is 0 Å². The Balaban J connectivity index is 1.91. The van der Waals surface area contributed by atoms with E-state index in [-0.39, 0.29) is 5.91 Å². The first kappa shape index (κ1) is 20.7. The minimum atomic E-state index is -0.246. The maximum Gasteiger partial charge on any atom is 0.255 e. The van der Waals surface area contributed by atoms with E-state index in [1.54, 1.807) is 54.3 Å². The number of halogens is 1. The lowest BCUT2D eigenvalue weighted by molar-refractivity contribution is 0.102. The zero-order chi connectivity index (χ0) is 20.8. The molecule has 0 saturated heterocycles. The van der Waals surface area contributed by atoms with E-state index in [0.29, 0.717) is 58.8 Å². The number of nitrogens with one attached hydrogen (secondary N) is 1. The van der Waals surface area contributed by atoms with Gasteiger partial charge in [-0.05, 0) is 43.3 Å². The molecule has 3 aromatic rings. The summed E-state index contributed by atoms with van der Waals surface area (Å²) in [5.74, 6) is 1.01. The first-order valence-electron chi connectivity index (χ1n) is 9.22. The lowest BCUT2D eigenvalue weighted by Gasteiger charge is -2.14. The van der Waals surface area contributed by atoms with Gasteiger partial charge >= 0.3 is 0 Å². The number of nitrogens with zero attached hydrogens (tertiary/aromatic N) is 2. The van der Waals surface area contributed by atoms with Crippen LogP contribution >= 0.6 is 11.6 Å². The number of rotatable bonds is 8. The standard InChI is InChI=1S/C21H23ClN4O3/c1-3-28-16-6-4-5-14(11-16)21(27)25-15-7-8-19(29-10-9-23)17(12-15)20-18(22)13-24-26(20)2/h4-8,11-13H,3,9-10,23H2,1-2H3,(H,25,27). The van der Waals surface area contributed by atoms with E-state index in [1.165, 1.54) is 0 Å². The minimum absolute atomic E-state index is 0.246. The highest BCUT2D eigenvalue weighted by Gasteiger charge is 2.17. The normalized spacial score (nSPS) is 10.6. The van der Waals surface area contributed by atoms with Gasteiger partial charge in [-0.25, -0.2) is 0 Å². The summed E-state index contributed by atoms with van der Waals surface area (Å²) in [6.45, 7) is 3.17. The van der Waals surface area contributed by atoms with Crippen LogP contribution in [0.25, 0.3) is 11.3 Å². The molecule has 3 rings (SSSR count). The monoisotopic (exact) mass is 414 g/mol. The minimum Gasteiger partial charge on any atom is -0.494 e. The molecule has 0 aliphatic heterocycles. The molecule has 3 N–H and O–H groups in total. The number of hydrogen-bond acceptors (Lipinski definition) is 5. The number of aromatic nitrogens is 2. The number of benzene rings is 2. The number of aryl methyl sites for hydroxylation is 1. The van der Waals surface area contributed by atoms with Crippen LogP contribution in [0.2, 0.25) is 5.02 Å². The molecule has 0 saturated carbocycles. The maximum absolute atomic E-state index is 12.7. The summed E-state index contributed by atoms with van der Waals surface area (Å²) in [5, 5.41) is 7.57. The van der Waals surface area contributed by atoms with Gasteiger partial charge in [0.25, 0.3) is 5.91 Å². The summed E-state index contributed by atoms with van der Waals surface area (Å²) in [6.07, 6.45) is 1.56. The summed E-state index contributed by atoms with van der Waals surface area (Å²) in [4.78, 5) is 12.7. The molecule has 0 radical (unpaired) electrons. The second-order valence-electron chi connectivity index (χ2n) is 6.23. The number of amides is 1. The van der Waals surface area contributed by atoms with Crippen molar-refractivity contribution in [1.82, 2.24) is 9.78 Å². The summed E-state index contributed by atoms with van der Waals surface area (Å²) in [5.41, 5.74) is 8.06. The third-order valence-electron chi connectivity index (χ3n) is 4.17. The van der Waals surface area contributed by atoms with E-state index in [2.05, 4.69) is 10.4 Å². The molecule has 0 aliphatic carbocycles. The van der Waals surface area contributed by atoms with Crippen molar-refractivity contribution in [3.05, 3.63) is 59.2 Å². The Morgan fingerprint density at radius 3 is 2.76 bits per heavy atom. The SMILES string of the molecule is CCOc1cccc(C(=O)Nc2ccc(OCCN)c(-c3c(Cl)cnn3C)c2)c1. The fraction of sp³-hybridized carbons (Fsp3) is 0.238. The summed E-state index contributed by atoms with van der Waals surface area (Å²) >= 11 is 6.32. The second-order valence-corrected chi connectivity index (χ2v) is 6.63. The zero-order valence-corrected chi connectivity index (χ0v) is 17.1. The van der Waals surface area contributed by atoms with Crippen LogP contribution in [0.4, 0.5) is 5.69 Å². The summed E-state index contributed by atoms with van der Waals surface area (Å²) < 4.78 is 12.9. The van der Waals surface area contributed by atoms with Crippen LogP contribution in [0.3, 0.4) is 0 Å². The Labute approximate surface area is 174 Å². The average molecular weight is 415 g/mol. The van der Waals surface area contributed by atoms with Crippen molar-refractivity contribution in [2.75, 3.05) is 25.1 Å². The summed E-state index contributed by atoms with van der Waals surface area (Å²) in [7, 11) is 1.79. The Morgan fingerprint density at radius 1 is 1.24 bits per heavy atom. The van der Waals surface area contributed by atoms with Gasteiger partial charge in [0.1, 0.15) is 18.1 Å². The highest BCUT2D eigenvalue weighted by molar-refractivity contribution is 6.33. The predicted molar refractivity (Wildman–Crippen MR) is 114 cm³/mol. The van der Waals surface area contributed by atoms with Gasteiger partial charge in [-0.3, -0.25) is 9.48 Å². The molecule has 7 nitrogen and oxygen atoms in total. The van der Waals surface area contributed by atoms with E-state index in [1.807, 2.05) is 13.0 Å². The van der Waals surface area contributed by atoms with Crippen LogP contribution in [-0.4, -0.2) is 35.4 Å². The molecule has 0 atom stereocenters. The number of hydrogen-bond donors (Lipinski definition) is 2. The smallest absolute Gasteiger partial charge is 0.255 e. The van der Waals surface area contributed by atoms with E-state index >= 15 is 0 Å². The van der Waals surface area contributed by atoms with Crippen molar-refractivity contribution in [3.63, 3.8) is 0 Å². The Kier molecular flexibility index (Phi) is 6.74. The van der Waals surface area contributed by atoms with Crippen molar-refractivity contribution >= 4 is 23.2 Å². The largest absolute Gasteiger partial charge is 0.494 e. The third-order valence-corrected chi connectivity index (χ3v) is 4.45. The Morgan fingerprint density at radius 2 is 2.07 bits per heavy atom. The van der Waals surface area contributed by atoms with Gasteiger partial charge in [0.15, 0.2) is 0 Å². The topological polar surface area (TPSA) is 91.4 Å². The van der Waals surface area contributed by atoms with Crippen LogP contribution in [0.5, 0.6) is 11.5 Å². The van der Waals surface area contributed by atoms with Gasteiger partial charge in [-0.15, -0.1) is 0 Å². The molecule has 0 spiro atoms. The predicted octanol–water partition coefficient (Wildman–Crippen LogP) is 3.73. The number of carbonyl (C=O) groups is 1. The van der Waals surface area contributed by atoms with E-state index in [9.17, 15) is 4.79 Å². The molecule has 8 heteroatoms. The molecule has 1 heterocycles. The molecule has 2 aromatic carbocycles. The van der Waals surface area contributed by atoms with Gasteiger partial charge in [0.2, 0.25) is 0 Å². The first-order chi connectivity index (χ1) is 14.0. The molecule has 152 valence electrons. The number of carbonyl (C=O) groups excluding carboxylic acids is 1. The highest BCUT2D eigenvalue weighted by atomic mass is 35.5. The van der Waals surface area contributed by atoms with Crippen molar-refractivity contribution in [3.8, 4) is 22.8 Å². The van der Waals surface area contributed by atoms with Crippen LogP contribution < -0.4 is 20.5 Å². The van der Waals surface area contributed by atoms with Gasteiger partial charge in [0, 0.05) is 30.4 Å². The molecule has 1 amide bonds. The van der Waals surface area contributed by atoms with Crippen molar-refractivity contribution < 1.29 is 14.3 Å². The fourth-order valence-electron chi connectivity index (χ4n) is 2.90. The number of nitrogens with two attached hydrogens (primary N) is 1. The van der Waals surface area contributed by atoms with Crippen LogP contribution in [-0.2, 0) is 7.05 Å². The maximum atomic E-state index is 12.7. The van der Waals surface area contributed by atoms with Crippen LogP contribution in [0, 0.1) is 0 Å². The van der Waals surface area contributed by atoms with Crippen molar-refractivity contribution in [1.29, 1.82) is 0 Å². The molecule has 1 aromatic heterocycles. The summed E-state index contributed by atoms with van der Waals surface area (Å²) in [6, 6.07) is 12.4. The molecule has 0 bridgehead atoms. The zero-order valence-electron chi connectivity index (χ0n) is 16.3. The Hall–Kier alpha value is -3.03. The van der Waals surface area contributed by atoms with E-state index in [4.69, 9.17) is 26.8 Å². The fourth-order valence-corrected chi connectivity index (χ4v) is 3.17. The molecule has 0 aliphatic rings.